The van der Waals surface area contributed by atoms with E-state index in [-0.39, 0.29) is 11.3 Å². The highest BCUT2D eigenvalue weighted by Gasteiger charge is 2.48. The number of furan rings is 1. The van der Waals surface area contributed by atoms with Crippen LogP contribution in [-0.4, -0.2) is 16.8 Å². The second-order valence-electron chi connectivity index (χ2n) is 6.48. The molecule has 1 unspecified atom stereocenters. The number of halogens is 1. The second-order valence-corrected chi connectivity index (χ2v) is 6.92. The average Bonchev–Trinajstić information content (AvgIpc) is 3.29. The van der Waals surface area contributed by atoms with E-state index in [4.69, 9.17) is 16.0 Å². The Balaban J connectivity index is 1.96. The molecular weight excluding hydrogens is 378 g/mol. The summed E-state index contributed by atoms with van der Waals surface area (Å²) >= 11 is 6.03. The van der Waals surface area contributed by atoms with Gasteiger partial charge in [0.15, 0.2) is 0 Å². The summed E-state index contributed by atoms with van der Waals surface area (Å²) in [6.45, 7) is 1.85. The molecule has 1 atom stereocenters. The fourth-order valence-electron chi connectivity index (χ4n) is 3.42. The number of aliphatic hydroxyl groups is 1. The predicted molar refractivity (Wildman–Crippen MR) is 106 cm³/mol. The Hall–Kier alpha value is -3.31. The first-order valence-electron chi connectivity index (χ1n) is 8.65. The minimum absolute atomic E-state index is 0.0366. The molecular formula is C22H16ClNO4. The monoisotopic (exact) mass is 393 g/mol. The van der Waals surface area contributed by atoms with Crippen molar-refractivity contribution < 1.29 is 19.1 Å². The van der Waals surface area contributed by atoms with Crippen molar-refractivity contribution in [2.75, 3.05) is 4.90 Å². The lowest BCUT2D eigenvalue weighted by Crippen LogP contribution is -2.29. The van der Waals surface area contributed by atoms with Crippen molar-refractivity contribution in [1.29, 1.82) is 0 Å². The third-order valence-corrected chi connectivity index (χ3v) is 4.97. The molecule has 28 heavy (non-hydrogen) atoms. The van der Waals surface area contributed by atoms with Crippen LogP contribution in [0.1, 0.15) is 22.9 Å². The zero-order valence-corrected chi connectivity index (χ0v) is 15.7. The minimum Gasteiger partial charge on any atom is -0.507 e. The van der Waals surface area contributed by atoms with E-state index in [1.165, 1.54) is 17.2 Å². The second kappa shape index (κ2) is 7.02. The molecule has 0 bridgehead atoms. The number of carbonyl (C=O) groups is 2. The molecule has 6 heteroatoms. The average molecular weight is 394 g/mol. The Morgan fingerprint density at radius 1 is 1.07 bits per heavy atom. The van der Waals surface area contributed by atoms with Crippen molar-refractivity contribution in [2.24, 2.45) is 0 Å². The van der Waals surface area contributed by atoms with Crippen LogP contribution in [0.4, 0.5) is 5.69 Å². The van der Waals surface area contributed by atoms with E-state index in [0.29, 0.717) is 22.0 Å². The summed E-state index contributed by atoms with van der Waals surface area (Å²) in [7, 11) is 0. The van der Waals surface area contributed by atoms with E-state index < -0.39 is 17.7 Å². The number of anilines is 1. The van der Waals surface area contributed by atoms with Gasteiger partial charge in [0.2, 0.25) is 0 Å². The summed E-state index contributed by atoms with van der Waals surface area (Å²) in [4.78, 5) is 27.2. The molecule has 1 N–H and O–H groups in total. The zero-order valence-electron chi connectivity index (χ0n) is 14.9. The summed E-state index contributed by atoms with van der Waals surface area (Å²) < 4.78 is 5.53. The van der Waals surface area contributed by atoms with E-state index in [1.807, 2.05) is 19.1 Å². The lowest BCUT2D eigenvalue weighted by Gasteiger charge is -2.24. The molecule has 1 aliphatic heterocycles. The molecule has 140 valence electrons. The molecule has 1 aliphatic rings. The molecule has 1 saturated heterocycles. The summed E-state index contributed by atoms with van der Waals surface area (Å²) in [5.41, 5.74) is 1.72. The van der Waals surface area contributed by atoms with E-state index in [0.717, 1.165) is 5.56 Å². The third kappa shape index (κ3) is 2.90. The van der Waals surface area contributed by atoms with Gasteiger partial charge >= 0.3 is 0 Å². The number of nitrogens with zero attached hydrogens (tertiary/aromatic N) is 1. The summed E-state index contributed by atoms with van der Waals surface area (Å²) in [5.74, 6) is -1.41. The maximum Gasteiger partial charge on any atom is 0.300 e. The normalized spacial score (nSPS) is 18.6. The molecule has 0 saturated carbocycles. The van der Waals surface area contributed by atoms with Gasteiger partial charge in [0.05, 0.1) is 11.8 Å². The molecule has 5 nitrogen and oxygen atoms in total. The highest BCUT2D eigenvalue weighted by Crippen LogP contribution is 2.43. The maximum absolute atomic E-state index is 12.9. The fraction of sp³-hybridized carbons (Fsp3) is 0.0909. The van der Waals surface area contributed by atoms with E-state index >= 15 is 0 Å². The molecule has 2 heterocycles. The van der Waals surface area contributed by atoms with Crippen LogP contribution in [0.5, 0.6) is 0 Å². The van der Waals surface area contributed by atoms with Crippen LogP contribution in [0.15, 0.2) is 76.9 Å². The van der Waals surface area contributed by atoms with Gasteiger partial charge in [-0.2, -0.15) is 0 Å². The third-order valence-electron chi connectivity index (χ3n) is 4.73. The Morgan fingerprint density at radius 2 is 1.86 bits per heavy atom. The number of ketones is 1. The van der Waals surface area contributed by atoms with E-state index in [2.05, 4.69) is 0 Å². The number of benzene rings is 2. The topological polar surface area (TPSA) is 70.8 Å². The number of Topliss-reactive ketones (excluding diaryl/α,β-unsaturated/α-hetero) is 1. The van der Waals surface area contributed by atoms with Gasteiger partial charge in [0.25, 0.3) is 11.7 Å². The first-order chi connectivity index (χ1) is 13.5. The van der Waals surface area contributed by atoms with Gasteiger partial charge in [0.1, 0.15) is 17.6 Å². The standard InChI is InChI=1S/C22H16ClNO4/c1-13-6-2-3-9-16(13)24-19(17-10-5-11-28-17)18(21(26)22(24)27)20(25)14-7-4-8-15(23)12-14/h2-12,19,25H,1H3/b20-18-. The van der Waals surface area contributed by atoms with E-state index in [9.17, 15) is 14.7 Å². The van der Waals surface area contributed by atoms with Gasteiger partial charge < -0.3 is 9.52 Å². The molecule has 3 aromatic rings. The predicted octanol–water partition coefficient (Wildman–Crippen LogP) is 4.87. The number of rotatable bonds is 3. The van der Waals surface area contributed by atoms with Crippen molar-refractivity contribution in [3.63, 3.8) is 0 Å². The van der Waals surface area contributed by atoms with Gasteiger partial charge in [0, 0.05) is 16.3 Å². The number of aryl methyl sites for hydroxylation is 1. The van der Waals surface area contributed by atoms with Crippen molar-refractivity contribution in [2.45, 2.75) is 13.0 Å². The largest absolute Gasteiger partial charge is 0.507 e. The van der Waals surface area contributed by atoms with Crippen molar-refractivity contribution in [3.8, 4) is 0 Å². The Morgan fingerprint density at radius 3 is 2.54 bits per heavy atom. The Kier molecular flexibility index (Phi) is 4.53. The van der Waals surface area contributed by atoms with Crippen LogP contribution >= 0.6 is 11.6 Å². The van der Waals surface area contributed by atoms with Gasteiger partial charge in [-0.05, 0) is 42.8 Å². The van der Waals surface area contributed by atoms with Gasteiger partial charge in [-0.15, -0.1) is 0 Å². The number of carbonyl (C=O) groups excluding carboxylic acids is 2. The molecule has 1 amide bonds. The van der Waals surface area contributed by atoms with Crippen molar-refractivity contribution in [3.05, 3.63) is 94.4 Å². The van der Waals surface area contributed by atoms with Crippen LogP contribution in [0, 0.1) is 6.92 Å². The van der Waals surface area contributed by atoms with Crippen LogP contribution in [0.25, 0.3) is 5.76 Å². The Labute approximate surface area is 166 Å². The molecule has 2 aromatic carbocycles. The maximum atomic E-state index is 12.9. The molecule has 0 aliphatic carbocycles. The first kappa shape index (κ1) is 18.1. The quantitative estimate of drug-likeness (QED) is 0.391. The minimum atomic E-state index is -0.880. The van der Waals surface area contributed by atoms with Crippen molar-refractivity contribution >= 4 is 34.7 Å². The zero-order chi connectivity index (χ0) is 19.8. The SMILES string of the molecule is Cc1ccccc1N1C(=O)C(=O)/C(=C(\O)c2cccc(Cl)c2)C1c1ccco1. The van der Waals surface area contributed by atoms with Crippen LogP contribution in [-0.2, 0) is 9.59 Å². The number of para-hydroxylation sites is 1. The number of aliphatic hydroxyl groups excluding tert-OH is 1. The molecule has 0 spiro atoms. The molecule has 0 radical (unpaired) electrons. The lowest BCUT2D eigenvalue weighted by molar-refractivity contribution is -0.132. The number of amides is 1. The highest BCUT2D eigenvalue weighted by molar-refractivity contribution is 6.51. The van der Waals surface area contributed by atoms with Gasteiger partial charge in [-0.25, -0.2) is 0 Å². The number of hydrogen-bond donors (Lipinski definition) is 1. The molecule has 1 aromatic heterocycles. The fourth-order valence-corrected chi connectivity index (χ4v) is 3.61. The molecule has 1 fully saturated rings. The van der Waals surface area contributed by atoms with Gasteiger partial charge in [-0.1, -0.05) is 41.9 Å². The lowest BCUT2D eigenvalue weighted by atomic mass is 9.99. The first-order valence-corrected chi connectivity index (χ1v) is 9.03. The van der Waals surface area contributed by atoms with Crippen LogP contribution < -0.4 is 4.90 Å². The van der Waals surface area contributed by atoms with Gasteiger partial charge in [-0.3, -0.25) is 14.5 Å². The highest BCUT2D eigenvalue weighted by atomic mass is 35.5. The smallest absolute Gasteiger partial charge is 0.300 e. The van der Waals surface area contributed by atoms with Crippen molar-refractivity contribution in [1.82, 2.24) is 0 Å². The molecule has 4 rings (SSSR count). The van der Waals surface area contributed by atoms with Crippen LogP contribution in [0.2, 0.25) is 5.02 Å². The summed E-state index contributed by atoms with van der Waals surface area (Å²) in [6.07, 6.45) is 1.46. The summed E-state index contributed by atoms with van der Waals surface area (Å²) in [5, 5.41) is 11.3. The van der Waals surface area contributed by atoms with Crippen LogP contribution in [0.3, 0.4) is 0 Å². The Bertz CT molecular complexity index is 1100. The van der Waals surface area contributed by atoms with E-state index in [1.54, 1.807) is 42.5 Å². The summed E-state index contributed by atoms with van der Waals surface area (Å²) in [6, 6.07) is 16.2. The number of hydrogen-bond acceptors (Lipinski definition) is 4.